The molecule has 39 heavy (non-hydrogen) atoms. The van der Waals surface area contributed by atoms with Crippen LogP contribution in [0.4, 0.5) is 17.2 Å². The number of hydrogen-bond acceptors (Lipinski definition) is 9. The molecule has 0 spiro atoms. The largest absolute Gasteiger partial charge is 0.507 e. The molecule has 0 bridgehead atoms. The molecule has 1 aromatic carbocycles. The minimum Gasteiger partial charge on any atom is -0.507 e. The predicted molar refractivity (Wildman–Crippen MR) is 155 cm³/mol. The van der Waals surface area contributed by atoms with Crippen LogP contribution in [0.1, 0.15) is 32.9 Å². The summed E-state index contributed by atoms with van der Waals surface area (Å²) in [6.07, 6.45) is 2.79. The van der Waals surface area contributed by atoms with Crippen LogP contribution in [0, 0.1) is 11.8 Å². The highest BCUT2D eigenvalue weighted by Gasteiger charge is 2.25. The molecule has 0 aliphatic carbocycles. The molecule has 0 radical (unpaired) electrons. The van der Waals surface area contributed by atoms with E-state index in [0.29, 0.717) is 41.7 Å². The van der Waals surface area contributed by atoms with Gasteiger partial charge in [-0.2, -0.15) is 0 Å². The number of ether oxygens (including phenoxy) is 1. The molecule has 204 valence electrons. The van der Waals surface area contributed by atoms with Crippen LogP contribution in [0.5, 0.6) is 5.75 Å². The minimum atomic E-state index is 0.170. The van der Waals surface area contributed by atoms with E-state index in [4.69, 9.17) is 10.5 Å². The number of aromatic nitrogens is 3. The normalized spacial score (nSPS) is 22.2. The average Bonchev–Trinajstić information content (AvgIpc) is 3.13. The molecule has 2 aliphatic rings. The standard InChI is InChI=1S/C30H37N7O2/c1-21-11-14-35(28-18-27(33-34-30(28)31)26-8-4-5-9-29(26)38)15-16-37(21)25-10-12-32-24(17-25)7-6-13-36-22(2)19-39-20-23(36)3/h4-5,8-10,12,17-18,21-23,38H,11,13-16,19-20H2,1-3H3,(H2,31,34)/t21-,22-,23-/m0/s1. The molecule has 9 heteroatoms. The highest BCUT2D eigenvalue weighted by atomic mass is 16.5. The summed E-state index contributed by atoms with van der Waals surface area (Å²) in [5.74, 6) is 7.17. The number of nitrogen functional groups attached to an aromatic ring is 1. The highest BCUT2D eigenvalue weighted by molar-refractivity contribution is 5.74. The van der Waals surface area contributed by atoms with Gasteiger partial charge < -0.3 is 25.4 Å². The number of nitrogens with two attached hydrogens (primary N) is 1. The molecule has 2 aliphatic heterocycles. The first kappa shape index (κ1) is 26.7. The van der Waals surface area contributed by atoms with Crippen LogP contribution in [-0.4, -0.2) is 82.7 Å². The molecule has 0 saturated carbocycles. The van der Waals surface area contributed by atoms with Gasteiger partial charge in [0.15, 0.2) is 5.82 Å². The van der Waals surface area contributed by atoms with Crippen molar-refractivity contribution in [2.75, 3.05) is 54.9 Å². The lowest BCUT2D eigenvalue weighted by molar-refractivity contribution is -0.0296. The Hall–Kier alpha value is -3.87. The van der Waals surface area contributed by atoms with Gasteiger partial charge in [0.2, 0.25) is 0 Å². The Labute approximate surface area is 230 Å². The van der Waals surface area contributed by atoms with Crippen molar-refractivity contribution in [3.63, 3.8) is 0 Å². The van der Waals surface area contributed by atoms with Gasteiger partial charge in [-0.3, -0.25) is 4.90 Å². The summed E-state index contributed by atoms with van der Waals surface area (Å²) in [4.78, 5) is 11.6. The summed E-state index contributed by atoms with van der Waals surface area (Å²) in [5.41, 5.74) is 10.3. The molecular formula is C30H37N7O2. The molecule has 0 unspecified atom stereocenters. The Morgan fingerprint density at radius 3 is 2.59 bits per heavy atom. The molecule has 2 saturated heterocycles. The number of anilines is 3. The zero-order chi connectivity index (χ0) is 27.4. The van der Waals surface area contributed by atoms with Crippen molar-refractivity contribution in [3.05, 3.63) is 54.4 Å². The summed E-state index contributed by atoms with van der Waals surface area (Å²) in [5, 5.41) is 18.7. The number of nitrogens with zero attached hydrogens (tertiary/aromatic N) is 6. The minimum absolute atomic E-state index is 0.170. The van der Waals surface area contributed by atoms with Gasteiger partial charge >= 0.3 is 0 Å². The van der Waals surface area contributed by atoms with Crippen LogP contribution >= 0.6 is 0 Å². The van der Waals surface area contributed by atoms with E-state index in [1.54, 1.807) is 12.1 Å². The van der Waals surface area contributed by atoms with Gasteiger partial charge in [0.05, 0.1) is 31.1 Å². The first-order chi connectivity index (χ1) is 18.9. The topological polar surface area (TPSA) is 104 Å². The number of para-hydroxylation sites is 1. The number of benzene rings is 1. The number of rotatable bonds is 4. The van der Waals surface area contributed by atoms with E-state index in [2.05, 4.69) is 74.6 Å². The van der Waals surface area contributed by atoms with Gasteiger partial charge in [-0.1, -0.05) is 18.1 Å². The Bertz CT molecular complexity index is 1340. The molecule has 3 atom stereocenters. The van der Waals surface area contributed by atoms with E-state index in [0.717, 1.165) is 56.3 Å². The Morgan fingerprint density at radius 2 is 1.79 bits per heavy atom. The highest BCUT2D eigenvalue weighted by Crippen LogP contribution is 2.32. The number of phenols is 1. The summed E-state index contributed by atoms with van der Waals surface area (Å²) < 4.78 is 5.63. The van der Waals surface area contributed by atoms with Crippen molar-refractivity contribution < 1.29 is 9.84 Å². The molecule has 9 nitrogen and oxygen atoms in total. The monoisotopic (exact) mass is 527 g/mol. The molecule has 4 heterocycles. The number of pyridine rings is 1. The number of hydrogen-bond donors (Lipinski definition) is 2. The van der Waals surface area contributed by atoms with Gasteiger partial charge in [0.1, 0.15) is 11.4 Å². The second-order valence-corrected chi connectivity index (χ2v) is 10.4. The van der Waals surface area contributed by atoms with Crippen molar-refractivity contribution in [3.8, 4) is 28.8 Å². The first-order valence-electron chi connectivity index (χ1n) is 13.6. The lowest BCUT2D eigenvalue weighted by Crippen LogP contribution is -2.49. The molecule has 3 aromatic rings. The van der Waals surface area contributed by atoms with Crippen molar-refractivity contribution in [1.29, 1.82) is 0 Å². The quantitative estimate of drug-likeness (QED) is 0.494. The third-order valence-corrected chi connectivity index (χ3v) is 7.69. The van der Waals surface area contributed by atoms with E-state index in [1.165, 1.54) is 0 Å². The van der Waals surface area contributed by atoms with E-state index in [1.807, 2.05) is 24.4 Å². The van der Waals surface area contributed by atoms with Crippen LogP contribution < -0.4 is 15.5 Å². The fraction of sp³-hybridized carbons (Fsp3) is 0.433. The SMILES string of the molecule is C[C@H]1CCN(c2cc(-c3ccccc3O)nnc2N)CCN1c1ccnc(C#CCN2[C@@H](C)COC[C@@H]2C)c1. The maximum absolute atomic E-state index is 10.3. The maximum atomic E-state index is 10.3. The van der Waals surface area contributed by atoms with Crippen molar-refractivity contribution in [2.45, 2.75) is 45.3 Å². The zero-order valence-corrected chi connectivity index (χ0v) is 22.9. The van der Waals surface area contributed by atoms with Gasteiger partial charge in [-0.05, 0) is 63.4 Å². The summed E-state index contributed by atoms with van der Waals surface area (Å²) in [7, 11) is 0. The second-order valence-electron chi connectivity index (χ2n) is 10.4. The van der Waals surface area contributed by atoms with Gasteiger partial charge in [0, 0.05) is 55.2 Å². The van der Waals surface area contributed by atoms with Gasteiger partial charge in [0.25, 0.3) is 0 Å². The second kappa shape index (κ2) is 11.9. The molecule has 5 rings (SSSR count). The fourth-order valence-electron chi connectivity index (χ4n) is 5.38. The van der Waals surface area contributed by atoms with Crippen molar-refractivity contribution >= 4 is 17.2 Å². The molecule has 2 aromatic heterocycles. The summed E-state index contributed by atoms with van der Waals surface area (Å²) in [6.45, 7) is 11.2. The van der Waals surface area contributed by atoms with Crippen molar-refractivity contribution in [2.24, 2.45) is 0 Å². The average molecular weight is 528 g/mol. The Kier molecular flexibility index (Phi) is 8.15. The molecular weight excluding hydrogens is 490 g/mol. The smallest absolute Gasteiger partial charge is 0.169 e. The van der Waals surface area contributed by atoms with E-state index in [9.17, 15) is 5.11 Å². The third-order valence-electron chi connectivity index (χ3n) is 7.69. The van der Waals surface area contributed by atoms with Crippen LogP contribution in [0.25, 0.3) is 11.3 Å². The number of phenolic OH excluding ortho intramolecular Hbond substituents is 1. The zero-order valence-electron chi connectivity index (χ0n) is 22.9. The van der Waals surface area contributed by atoms with Crippen LogP contribution in [-0.2, 0) is 4.74 Å². The van der Waals surface area contributed by atoms with Crippen molar-refractivity contribution in [1.82, 2.24) is 20.1 Å². The Morgan fingerprint density at radius 1 is 1.00 bits per heavy atom. The predicted octanol–water partition coefficient (Wildman–Crippen LogP) is 3.39. The molecule has 3 N–H and O–H groups in total. The maximum Gasteiger partial charge on any atom is 0.169 e. The van der Waals surface area contributed by atoms with E-state index in [-0.39, 0.29) is 5.75 Å². The molecule has 0 amide bonds. The Balaban J connectivity index is 1.30. The van der Waals surface area contributed by atoms with E-state index < -0.39 is 0 Å². The van der Waals surface area contributed by atoms with E-state index >= 15 is 0 Å². The van der Waals surface area contributed by atoms with Crippen LogP contribution in [0.2, 0.25) is 0 Å². The lowest BCUT2D eigenvalue weighted by Gasteiger charge is -2.37. The summed E-state index contributed by atoms with van der Waals surface area (Å²) >= 11 is 0. The molecule has 2 fully saturated rings. The number of morpholine rings is 1. The summed E-state index contributed by atoms with van der Waals surface area (Å²) in [6, 6.07) is 14.3. The third kappa shape index (κ3) is 6.08. The van der Waals surface area contributed by atoms with Gasteiger partial charge in [-0.15, -0.1) is 10.2 Å². The first-order valence-corrected chi connectivity index (χ1v) is 13.6. The van der Waals surface area contributed by atoms with Crippen LogP contribution in [0.3, 0.4) is 0 Å². The van der Waals surface area contributed by atoms with Crippen LogP contribution in [0.15, 0.2) is 48.7 Å². The lowest BCUT2D eigenvalue weighted by atomic mass is 10.1. The number of aromatic hydroxyl groups is 1. The van der Waals surface area contributed by atoms with Gasteiger partial charge in [-0.25, -0.2) is 4.98 Å². The fourth-order valence-corrected chi connectivity index (χ4v) is 5.38.